The smallest absolute Gasteiger partial charge is 0.407 e. The maximum absolute atomic E-state index is 12.7. The van der Waals surface area contributed by atoms with Gasteiger partial charge in [-0.15, -0.1) is 0 Å². The van der Waals surface area contributed by atoms with Crippen LogP contribution in [0, 0.1) is 23.7 Å². The number of hydrogen-bond donors (Lipinski definition) is 2. The van der Waals surface area contributed by atoms with Gasteiger partial charge >= 0.3 is 12.1 Å². The number of carbonyl (C=O) groups excluding carboxylic acids is 2. The van der Waals surface area contributed by atoms with Crippen LogP contribution in [-0.4, -0.2) is 54.2 Å². The number of aliphatic carboxylic acids is 1. The number of nitrogens with one attached hydrogen (secondary N) is 1. The van der Waals surface area contributed by atoms with E-state index in [9.17, 15) is 19.5 Å². The maximum atomic E-state index is 12.7. The first kappa shape index (κ1) is 22.4. The van der Waals surface area contributed by atoms with E-state index in [1.54, 1.807) is 4.90 Å². The van der Waals surface area contributed by atoms with E-state index in [1.807, 2.05) is 31.2 Å². The molecule has 0 bridgehead atoms. The zero-order valence-electron chi connectivity index (χ0n) is 19.3. The van der Waals surface area contributed by atoms with Crippen LogP contribution in [0.25, 0.3) is 11.1 Å². The Kier molecular flexibility index (Phi) is 6.02. The van der Waals surface area contributed by atoms with Crippen LogP contribution in [0.4, 0.5) is 4.79 Å². The number of nitrogens with zero attached hydrogens (tertiary/aromatic N) is 1. The minimum absolute atomic E-state index is 0.0112. The molecule has 7 nitrogen and oxygen atoms in total. The molecule has 5 rings (SSSR count). The van der Waals surface area contributed by atoms with Gasteiger partial charge < -0.3 is 20.1 Å². The Morgan fingerprint density at radius 2 is 1.71 bits per heavy atom. The van der Waals surface area contributed by atoms with Crippen molar-refractivity contribution in [2.75, 3.05) is 26.2 Å². The topological polar surface area (TPSA) is 95.9 Å². The second-order valence-corrected chi connectivity index (χ2v) is 9.84. The first-order valence-corrected chi connectivity index (χ1v) is 12.0. The Morgan fingerprint density at radius 3 is 2.35 bits per heavy atom. The fraction of sp³-hybridized carbons (Fsp3) is 0.444. The highest BCUT2D eigenvalue weighted by Crippen LogP contribution is 2.51. The van der Waals surface area contributed by atoms with Crippen LogP contribution in [0.3, 0.4) is 0 Å². The van der Waals surface area contributed by atoms with E-state index in [1.165, 1.54) is 22.3 Å². The molecule has 7 heteroatoms. The predicted octanol–water partition coefficient (Wildman–Crippen LogP) is 3.73. The van der Waals surface area contributed by atoms with E-state index in [-0.39, 0.29) is 42.1 Å². The lowest BCUT2D eigenvalue weighted by Crippen LogP contribution is -2.39. The molecule has 1 saturated heterocycles. The lowest BCUT2D eigenvalue weighted by atomic mass is 9.98. The van der Waals surface area contributed by atoms with Crippen LogP contribution >= 0.6 is 0 Å². The number of ether oxygens (including phenoxy) is 1. The van der Waals surface area contributed by atoms with Crippen molar-refractivity contribution < 1.29 is 24.2 Å². The molecular formula is C27H30N2O5. The first-order valence-electron chi connectivity index (χ1n) is 12.0. The molecule has 2 amide bonds. The molecule has 2 unspecified atom stereocenters. The molecule has 178 valence electrons. The number of alkyl carbamates (subject to hydrolysis) is 1. The zero-order valence-corrected chi connectivity index (χ0v) is 19.3. The van der Waals surface area contributed by atoms with E-state index in [0.717, 1.165) is 6.42 Å². The quantitative estimate of drug-likeness (QED) is 0.654. The number of fused-ring (bicyclic) bond motifs is 4. The van der Waals surface area contributed by atoms with E-state index >= 15 is 0 Å². The van der Waals surface area contributed by atoms with Crippen molar-refractivity contribution in [3.05, 3.63) is 59.7 Å². The van der Waals surface area contributed by atoms with Gasteiger partial charge in [0.15, 0.2) is 0 Å². The highest BCUT2D eigenvalue weighted by atomic mass is 16.5. The van der Waals surface area contributed by atoms with Gasteiger partial charge in [0.2, 0.25) is 5.91 Å². The fourth-order valence-corrected chi connectivity index (χ4v) is 5.74. The van der Waals surface area contributed by atoms with E-state index < -0.39 is 12.1 Å². The molecular weight excluding hydrogens is 432 g/mol. The number of benzene rings is 2. The number of hydrogen-bond acceptors (Lipinski definition) is 4. The monoisotopic (exact) mass is 462 g/mol. The normalized spacial score (nSPS) is 23.3. The van der Waals surface area contributed by atoms with Gasteiger partial charge in [-0.3, -0.25) is 9.59 Å². The highest BCUT2D eigenvalue weighted by molar-refractivity contribution is 5.79. The van der Waals surface area contributed by atoms with Crippen molar-refractivity contribution in [3.8, 4) is 11.1 Å². The van der Waals surface area contributed by atoms with Crippen LogP contribution in [0.2, 0.25) is 0 Å². The van der Waals surface area contributed by atoms with Crippen LogP contribution < -0.4 is 5.32 Å². The highest BCUT2D eigenvalue weighted by Gasteiger charge is 2.57. The predicted molar refractivity (Wildman–Crippen MR) is 126 cm³/mol. The second-order valence-electron chi connectivity index (χ2n) is 9.84. The van der Waals surface area contributed by atoms with Gasteiger partial charge in [-0.05, 0) is 46.4 Å². The Balaban J connectivity index is 1.08. The zero-order chi connectivity index (χ0) is 23.8. The standard InChI is InChI=1S/C27H30N2O5/c1-16(12-24(30)29-11-10-21-22(14-29)25(21)26(31)32)13-28-27(33)34-15-23-19-8-4-2-6-17(19)18-7-3-5-9-20(18)23/h2-9,16,21-23,25H,10-15H2,1H3,(H,28,33)(H,31,32)/t16?,21-,22+,25?/m0/s1. The third-order valence-electron chi connectivity index (χ3n) is 7.59. The molecule has 2 aromatic carbocycles. The van der Waals surface area contributed by atoms with Gasteiger partial charge in [-0.25, -0.2) is 4.79 Å². The second kappa shape index (κ2) is 9.12. The van der Waals surface area contributed by atoms with Crippen molar-refractivity contribution in [2.45, 2.75) is 25.7 Å². The molecule has 3 aliphatic rings. The molecule has 1 aliphatic heterocycles. The number of carboxylic acid groups (broad SMARTS) is 1. The summed E-state index contributed by atoms with van der Waals surface area (Å²) < 4.78 is 5.56. The van der Waals surface area contributed by atoms with Crippen LogP contribution in [0.15, 0.2) is 48.5 Å². The van der Waals surface area contributed by atoms with Crippen LogP contribution in [0.1, 0.15) is 36.8 Å². The fourth-order valence-electron chi connectivity index (χ4n) is 5.74. The molecule has 0 radical (unpaired) electrons. The van der Waals surface area contributed by atoms with E-state index in [2.05, 4.69) is 29.6 Å². The molecule has 2 aromatic rings. The summed E-state index contributed by atoms with van der Waals surface area (Å²) in [7, 11) is 0. The SMILES string of the molecule is CC(CNC(=O)OCC1c2ccccc2-c2ccccc21)CC(=O)N1CC[C@@H]2C(C(=O)O)[C@@H]2C1. The first-order chi connectivity index (χ1) is 16.4. The largest absolute Gasteiger partial charge is 0.481 e. The van der Waals surface area contributed by atoms with Crippen LogP contribution in [-0.2, 0) is 14.3 Å². The third-order valence-corrected chi connectivity index (χ3v) is 7.59. The van der Waals surface area contributed by atoms with Gasteiger partial charge in [0.25, 0.3) is 0 Å². The number of carbonyl (C=O) groups is 3. The molecule has 2 aliphatic carbocycles. The van der Waals surface area contributed by atoms with Gasteiger partial charge in [-0.2, -0.15) is 0 Å². The Hall–Kier alpha value is -3.35. The summed E-state index contributed by atoms with van der Waals surface area (Å²) in [5.41, 5.74) is 4.70. The van der Waals surface area contributed by atoms with Gasteiger partial charge in [0.1, 0.15) is 6.61 Å². The Labute approximate surface area is 199 Å². The van der Waals surface area contributed by atoms with Crippen molar-refractivity contribution in [3.63, 3.8) is 0 Å². The van der Waals surface area contributed by atoms with E-state index in [0.29, 0.717) is 26.1 Å². The minimum atomic E-state index is -0.745. The molecule has 1 saturated carbocycles. The van der Waals surface area contributed by atoms with Crippen molar-refractivity contribution in [1.29, 1.82) is 0 Å². The lowest BCUT2D eigenvalue weighted by molar-refractivity contribution is -0.139. The lowest BCUT2D eigenvalue weighted by Gasteiger charge is -2.27. The number of amides is 2. The molecule has 0 spiro atoms. The van der Waals surface area contributed by atoms with Gasteiger partial charge in [0.05, 0.1) is 5.92 Å². The molecule has 34 heavy (non-hydrogen) atoms. The Bertz CT molecular complexity index is 1070. The molecule has 4 atom stereocenters. The summed E-state index contributed by atoms with van der Waals surface area (Å²) in [6.07, 6.45) is 0.600. The summed E-state index contributed by atoms with van der Waals surface area (Å²) in [6.45, 7) is 3.68. The summed E-state index contributed by atoms with van der Waals surface area (Å²) >= 11 is 0. The summed E-state index contributed by atoms with van der Waals surface area (Å²) in [4.78, 5) is 38.1. The number of carboxylic acids is 1. The average Bonchev–Trinajstić information content (AvgIpc) is 3.49. The van der Waals surface area contributed by atoms with Crippen LogP contribution in [0.5, 0.6) is 0 Å². The van der Waals surface area contributed by atoms with Crippen molar-refractivity contribution in [2.24, 2.45) is 23.7 Å². The number of likely N-dealkylation sites (tertiary alicyclic amines) is 1. The third kappa shape index (κ3) is 4.27. The van der Waals surface area contributed by atoms with Crippen molar-refractivity contribution >= 4 is 18.0 Å². The molecule has 2 N–H and O–H groups in total. The Morgan fingerprint density at radius 1 is 1.06 bits per heavy atom. The van der Waals surface area contributed by atoms with Gasteiger partial charge in [-0.1, -0.05) is 55.5 Å². The molecule has 1 heterocycles. The van der Waals surface area contributed by atoms with E-state index in [4.69, 9.17) is 4.74 Å². The molecule has 0 aromatic heterocycles. The summed E-state index contributed by atoms with van der Waals surface area (Å²) in [5.74, 6) is -0.706. The number of piperidine rings is 1. The average molecular weight is 463 g/mol. The van der Waals surface area contributed by atoms with Gasteiger partial charge in [0, 0.05) is 32.0 Å². The number of rotatable bonds is 7. The molecule has 2 fully saturated rings. The summed E-state index contributed by atoms with van der Waals surface area (Å²) in [5, 5.41) is 12.0. The van der Waals surface area contributed by atoms with Crippen molar-refractivity contribution in [1.82, 2.24) is 10.2 Å². The minimum Gasteiger partial charge on any atom is -0.481 e. The maximum Gasteiger partial charge on any atom is 0.407 e. The summed E-state index contributed by atoms with van der Waals surface area (Å²) in [6, 6.07) is 16.4.